The average Bonchev–Trinajstić information content (AvgIpc) is 3.18. The number of rotatable bonds is 5. The summed E-state index contributed by atoms with van der Waals surface area (Å²) >= 11 is 1.18. The maximum atomic E-state index is 13.1. The number of urea groups is 1. The van der Waals surface area contributed by atoms with Crippen molar-refractivity contribution in [1.29, 1.82) is 0 Å². The van der Waals surface area contributed by atoms with Gasteiger partial charge < -0.3 is 15.8 Å². The van der Waals surface area contributed by atoms with Crippen LogP contribution in [0.15, 0.2) is 42.6 Å². The van der Waals surface area contributed by atoms with Crippen LogP contribution >= 0.6 is 11.3 Å². The van der Waals surface area contributed by atoms with Crippen molar-refractivity contribution in [2.24, 2.45) is 5.73 Å². The summed E-state index contributed by atoms with van der Waals surface area (Å²) in [6, 6.07) is 9.88. The number of carbonyl (C=O) groups excluding carboxylic acids is 1. The van der Waals surface area contributed by atoms with Gasteiger partial charge in [-0.15, -0.1) is 11.3 Å². The van der Waals surface area contributed by atoms with Crippen molar-refractivity contribution in [2.75, 3.05) is 25.1 Å². The van der Waals surface area contributed by atoms with Gasteiger partial charge in [-0.25, -0.2) is 14.8 Å². The summed E-state index contributed by atoms with van der Waals surface area (Å²) in [5, 5.41) is 2.46. The average molecular weight is 478 g/mol. The molecule has 1 aromatic carbocycles. The number of benzene rings is 1. The van der Waals surface area contributed by atoms with E-state index >= 15 is 0 Å². The molecule has 0 unspecified atom stereocenters. The molecule has 1 aliphatic heterocycles. The molecule has 0 saturated carbocycles. The van der Waals surface area contributed by atoms with Gasteiger partial charge >= 0.3 is 12.2 Å². The van der Waals surface area contributed by atoms with Crippen LogP contribution in [0.3, 0.4) is 0 Å². The van der Waals surface area contributed by atoms with E-state index in [9.17, 15) is 18.0 Å². The zero-order valence-corrected chi connectivity index (χ0v) is 18.5. The number of halogens is 3. The molecule has 3 aromatic rings. The van der Waals surface area contributed by atoms with Gasteiger partial charge in [0.05, 0.1) is 23.8 Å². The van der Waals surface area contributed by atoms with E-state index in [1.807, 2.05) is 24.3 Å². The highest BCUT2D eigenvalue weighted by molar-refractivity contribution is 7.19. The third kappa shape index (κ3) is 5.49. The highest BCUT2D eigenvalue weighted by Gasteiger charge is 2.33. The zero-order chi connectivity index (χ0) is 23.6. The number of hydrogen-bond acceptors (Lipinski definition) is 6. The Labute approximate surface area is 192 Å². The molecule has 7 nitrogen and oxygen atoms in total. The molecular weight excluding hydrogens is 455 g/mol. The van der Waals surface area contributed by atoms with E-state index in [4.69, 9.17) is 10.5 Å². The number of carbonyl (C=O) groups is 1. The lowest BCUT2D eigenvalue weighted by Gasteiger charge is -2.33. The van der Waals surface area contributed by atoms with Crippen LogP contribution in [0.1, 0.15) is 18.2 Å². The van der Waals surface area contributed by atoms with E-state index in [1.54, 1.807) is 6.07 Å². The van der Waals surface area contributed by atoms with Gasteiger partial charge in [-0.2, -0.15) is 13.2 Å². The summed E-state index contributed by atoms with van der Waals surface area (Å²) < 4.78 is 44.8. The van der Waals surface area contributed by atoms with Crippen molar-refractivity contribution >= 4 is 23.1 Å². The van der Waals surface area contributed by atoms with Crippen molar-refractivity contribution in [3.63, 3.8) is 0 Å². The molecule has 4 rings (SSSR count). The van der Waals surface area contributed by atoms with E-state index in [0.717, 1.165) is 41.4 Å². The fourth-order valence-electron chi connectivity index (χ4n) is 3.56. The SMILES string of the molecule is C[C@H]1COCCN1Cc1ccc(-c2cc(NC(N)=O)c(-c3nccc(C(F)(F)F)n3)s2)cc1. The van der Waals surface area contributed by atoms with E-state index in [0.29, 0.717) is 24.1 Å². The van der Waals surface area contributed by atoms with Crippen molar-refractivity contribution in [3.8, 4) is 21.1 Å². The Morgan fingerprint density at radius 1 is 1.30 bits per heavy atom. The van der Waals surface area contributed by atoms with Crippen LogP contribution in [0.25, 0.3) is 21.1 Å². The lowest BCUT2D eigenvalue weighted by molar-refractivity contribution is -0.141. The van der Waals surface area contributed by atoms with Crippen molar-refractivity contribution in [3.05, 3.63) is 53.9 Å². The molecule has 2 aromatic heterocycles. The van der Waals surface area contributed by atoms with Crippen LogP contribution in [0.2, 0.25) is 0 Å². The van der Waals surface area contributed by atoms with E-state index in [-0.39, 0.29) is 11.5 Å². The number of alkyl halides is 3. The lowest BCUT2D eigenvalue weighted by Crippen LogP contribution is -2.42. The number of amides is 2. The Balaban J connectivity index is 1.62. The molecule has 2 amide bonds. The van der Waals surface area contributed by atoms with Crippen LogP contribution in [-0.4, -0.2) is 46.7 Å². The number of aromatic nitrogens is 2. The zero-order valence-electron chi connectivity index (χ0n) is 17.7. The molecule has 1 atom stereocenters. The molecule has 1 aliphatic rings. The number of morpholine rings is 1. The van der Waals surface area contributed by atoms with Crippen LogP contribution in [0.4, 0.5) is 23.7 Å². The summed E-state index contributed by atoms with van der Waals surface area (Å²) in [6.07, 6.45) is -3.57. The minimum atomic E-state index is -4.61. The maximum Gasteiger partial charge on any atom is 0.433 e. The van der Waals surface area contributed by atoms with Crippen LogP contribution < -0.4 is 11.1 Å². The Hall–Kier alpha value is -3.02. The van der Waals surface area contributed by atoms with Gasteiger partial charge in [0.1, 0.15) is 5.69 Å². The molecule has 1 saturated heterocycles. The third-order valence-corrected chi connectivity index (χ3v) is 6.45. The maximum absolute atomic E-state index is 13.1. The molecular formula is C22H22F3N5O2S. The second kappa shape index (κ2) is 9.46. The van der Waals surface area contributed by atoms with Crippen LogP contribution in [0, 0.1) is 0 Å². The van der Waals surface area contributed by atoms with Crippen LogP contribution in [-0.2, 0) is 17.5 Å². The fraction of sp³-hybridized carbons (Fsp3) is 0.318. The van der Waals surface area contributed by atoms with Crippen molar-refractivity contribution in [2.45, 2.75) is 25.7 Å². The summed E-state index contributed by atoms with van der Waals surface area (Å²) in [5.74, 6) is -0.136. The van der Waals surface area contributed by atoms with Crippen molar-refractivity contribution in [1.82, 2.24) is 14.9 Å². The van der Waals surface area contributed by atoms with E-state index < -0.39 is 17.9 Å². The number of primary amides is 1. The minimum Gasteiger partial charge on any atom is -0.379 e. The van der Waals surface area contributed by atoms with Crippen LogP contribution in [0.5, 0.6) is 0 Å². The first-order chi connectivity index (χ1) is 15.7. The van der Waals surface area contributed by atoms with Gasteiger partial charge in [0, 0.05) is 30.2 Å². The van der Waals surface area contributed by atoms with Gasteiger partial charge in [0.2, 0.25) is 0 Å². The molecule has 174 valence electrons. The Morgan fingerprint density at radius 2 is 2.06 bits per heavy atom. The molecule has 0 aliphatic carbocycles. The lowest BCUT2D eigenvalue weighted by atomic mass is 10.1. The number of ether oxygens (including phenoxy) is 1. The molecule has 0 radical (unpaired) electrons. The predicted molar refractivity (Wildman–Crippen MR) is 120 cm³/mol. The topological polar surface area (TPSA) is 93.4 Å². The predicted octanol–water partition coefficient (Wildman–Crippen LogP) is 4.60. The molecule has 3 N–H and O–H groups in total. The van der Waals surface area contributed by atoms with Gasteiger partial charge in [-0.1, -0.05) is 24.3 Å². The second-order valence-corrected chi connectivity index (χ2v) is 8.75. The van der Waals surface area contributed by atoms with Gasteiger partial charge in [-0.05, 0) is 30.2 Å². The Morgan fingerprint density at radius 3 is 2.73 bits per heavy atom. The largest absolute Gasteiger partial charge is 0.433 e. The normalized spacial score (nSPS) is 17.2. The molecule has 0 spiro atoms. The van der Waals surface area contributed by atoms with Gasteiger partial charge in [-0.3, -0.25) is 4.90 Å². The minimum absolute atomic E-state index is 0.136. The van der Waals surface area contributed by atoms with Crippen molar-refractivity contribution < 1.29 is 22.7 Å². The number of anilines is 1. The summed E-state index contributed by atoms with van der Waals surface area (Å²) in [6.45, 7) is 5.23. The number of nitrogens with one attached hydrogen (secondary N) is 1. The molecule has 0 bridgehead atoms. The first-order valence-electron chi connectivity index (χ1n) is 10.2. The number of nitrogens with zero attached hydrogens (tertiary/aromatic N) is 3. The summed E-state index contributed by atoms with van der Waals surface area (Å²) in [7, 11) is 0. The number of nitrogens with two attached hydrogens (primary N) is 1. The molecule has 11 heteroatoms. The van der Waals surface area contributed by atoms with E-state index in [2.05, 4.69) is 27.1 Å². The highest BCUT2D eigenvalue weighted by atomic mass is 32.1. The molecule has 1 fully saturated rings. The number of thiophene rings is 1. The standard InChI is InChI=1S/C22H22F3N5O2S/c1-13-12-32-9-8-30(13)11-14-2-4-15(5-3-14)17-10-16(28-21(26)31)19(33-17)20-27-7-6-18(29-20)22(23,24)25/h2-7,10,13H,8-9,11-12H2,1H3,(H3,26,28,31)/t13-/m0/s1. The van der Waals surface area contributed by atoms with Gasteiger partial charge in [0.15, 0.2) is 5.82 Å². The second-order valence-electron chi connectivity index (χ2n) is 7.70. The summed E-state index contributed by atoms with van der Waals surface area (Å²) in [5.41, 5.74) is 6.45. The molecule has 33 heavy (non-hydrogen) atoms. The Bertz CT molecular complexity index is 1130. The smallest absolute Gasteiger partial charge is 0.379 e. The fourth-order valence-corrected chi connectivity index (χ4v) is 4.62. The number of hydrogen-bond donors (Lipinski definition) is 2. The van der Waals surface area contributed by atoms with Gasteiger partial charge in [0.25, 0.3) is 0 Å². The quantitative estimate of drug-likeness (QED) is 0.560. The highest BCUT2D eigenvalue weighted by Crippen LogP contribution is 2.41. The third-order valence-electron chi connectivity index (χ3n) is 5.27. The Kier molecular flexibility index (Phi) is 6.63. The van der Waals surface area contributed by atoms with E-state index in [1.165, 1.54) is 11.3 Å². The summed E-state index contributed by atoms with van der Waals surface area (Å²) in [4.78, 5) is 22.5. The first kappa shape index (κ1) is 23.1. The molecule has 3 heterocycles. The first-order valence-corrected chi connectivity index (χ1v) is 11.0. The monoisotopic (exact) mass is 477 g/mol.